The van der Waals surface area contributed by atoms with E-state index in [0.29, 0.717) is 12.3 Å². The highest BCUT2D eigenvalue weighted by molar-refractivity contribution is 5.91. The molecule has 0 bridgehead atoms. The van der Waals surface area contributed by atoms with E-state index in [1.54, 1.807) is 24.7 Å². The lowest BCUT2D eigenvalue weighted by Gasteiger charge is -2.17. The van der Waals surface area contributed by atoms with Gasteiger partial charge >= 0.3 is 0 Å². The minimum absolute atomic E-state index is 0.0579. The zero-order chi connectivity index (χ0) is 14.9. The summed E-state index contributed by atoms with van der Waals surface area (Å²) in [6.45, 7) is 1.49. The molecule has 8 nitrogen and oxygen atoms in total. The summed E-state index contributed by atoms with van der Waals surface area (Å²) >= 11 is 0. The van der Waals surface area contributed by atoms with Crippen molar-refractivity contribution < 1.29 is 9.21 Å². The second kappa shape index (κ2) is 5.14. The number of carbonyl (C=O) groups is 1. The van der Waals surface area contributed by atoms with Gasteiger partial charge in [0.2, 0.25) is 5.65 Å². The first-order valence-corrected chi connectivity index (χ1v) is 7.05. The Labute approximate surface area is 125 Å². The summed E-state index contributed by atoms with van der Waals surface area (Å²) < 4.78 is 6.94. The normalized spacial score (nSPS) is 18.0. The summed E-state index contributed by atoms with van der Waals surface area (Å²) in [5.41, 5.74) is 0.723. The lowest BCUT2D eigenvalue weighted by Crippen LogP contribution is -2.37. The summed E-state index contributed by atoms with van der Waals surface area (Å²) in [6, 6.07) is 3.41. The van der Waals surface area contributed by atoms with E-state index in [9.17, 15) is 4.79 Å². The van der Waals surface area contributed by atoms with Crippen LogP contribution in [0.5, 0.6) is 0 Å². The van der Waals surface area contributed by atoms with Gasteiger partial charge < -0.3 is 14.6 Å². The zero-order valence-electron chi connectivity index (χ0n) is 11.7. The van der Waals surface area contributed by atoms with Crippen LogP contribution in [-0.4, -0.2) is 44.6 Å². The van der Waals surface area contributed by atoms with Gasteiger partial charge in [-0.15, -0.1) is 10.2 Å². The smallest absolute Gasteiger partial charge is 0.287 e. The topological polar surface area (TPSA) is 88.6 Å². The van der Waals surface area contributed by atoms with Gasteiger partial charge in [-0.1, -0.05) is 0 Å². The summed E-state index contributed by atoms with van der Waals surface area (Å²) in [7, 11) is 0. The number of amides is 1. The van der Waals surface area contributed by atoms with Crippen LogP contribution < -0.4 is 10.2 Å². The monoisotopic (exact) mass is 298 g/mol. The fourth-order valence-electron chi connectivity index (χ4n) is 2.70. The molecule has 3 aromatic rings. The maximum Gasteiger partial charge on any atom is 0.287 e. The number of fused-ring (bicyclic) bond motifs is 1. The molecule has 112 valence electrons. The third kappa shape index (κ3) is 2.18. The second-order valence-electron chi connectivity index (χ2n) is 5.20. The second-order valence-corrected chi connectivity index (χ2v) is 5.20. The van der Waals surface area contributed by atoms with Gasteiger partial charge in [-0.2, -0.15) is 0 Å². The van der Waals surface area contributed by atoms with Crippen molar-refractivity contribution in [2.24, 2.45) is 0 Å². The standard InChI is InChI=1S/C14H14N6O2/c21-14(11-2-1-7-22-11)17-10-3-5-19(8-10)12-13-18-16-9-20(13)6-4-15-12/h1-2,4,6-7,9-10H,3,5,8H2,(H,17,21)/t10-/m1/s1. The molecule has 8 heteroatoms. The summed E-state index contributed by atoms with van der Waals surface area (Å²) in [4.78, 5) is 18.5. The first kappa shape index (κ1) is 12.8. The SMILES string of the molecule is O=C(N[C@@H]1CCN(c2nccn3cnnc23)C1)c1ccco1. The van der Waals surface area contributed by atoms with Crippen molar-refractivity contribution in [3.8, 4) is 0 Å². The van der Waals surface area contributed by atoms with Gasteiger partial charge in [0.05, 0.1) is 6.26 Å². The Morgan fingerprint density at radius 3 is 3.27 bits per heavy atom. The molecule has 4 heterocycles. The molecule has 1 fully saturated rings. The van der Waals surface area contributed by atoms with E-state index in [4.69, 9.17) is 4.42 Å². The number of anilines is 1. The van der Waals surface area contributed by atoms with Gasteiger partial charge in [0.25, 0.3) is 5.91 Å². The number of rotatable bonds is 3. The quantitative estimate of drug-likeness (QED) is 0.766. The van der Waals surface area contributed by atoms with Crippen LogP contribution in [0.25, 0.3) is 5.65 Å². The Hall–Kier alpha value is -2.90. The van der Waals surface area contributed by atoms with Gasteiger partial charge in [-0.25, -0.2) is 4.98 Å². The van der Waals surface area contributed by atoms with Crippen LogP contribution in [-0.2, 0) is 0 Å². The predicted octanol–water partition coefficient (Wildman–Crippen LogP) is 0.726. The van der Waals surface area contributed by atoms with E-state index in [1.165, 1.54) is 6.26 Å². The molecule has 1 atom stereocenters. The molecule has 3 aromatic heterocycles. The van der Waals surface area contributed by atoms with E-state index in [2.05, 4.69) is 25.4 Å². The molecule has 0 aliphatic carbocycles. The number of nitrogens with one attached hydrogen (secondary N) is 1. The molecule has 1 aliphatic heterocycles. The summed E-state index contributed by atoms with van der Waals surface area (Å²) in [5, 5.41) is 11.0. The van der Waals surface area contributed by atoms with E-state index < -0.39 is 0 Å². The minimum Gasteiger partial charge on any atom is -0.459 e. The maximum atomic E-state index is 12.0. The Morgan fingerprint density at radius 2 is 2.41 bits per heavy atom. The van der Waals surface area contributed by atoms with Gasteiger partial charge in [0.1, 0.15) is 6.33 Å². The largest absolute Gasteiger partial charge is 0.459 e. The lowest BCUT2D eigenvalue weighted by atomic mass is 10.2. The van der Waals surface area contributed by atoms with Crippen LogP contribution in [0.4, 0.5) is 5.82 Å². The zero-order valence-corrected chi connectivity index (χ0v) is 11.7. The molecule has 0 spiro atoms. The fourth-order valence-corrected chi connectivity index (χ4v) is 2.70. The number of nitrogens with zero attached hydrogens (tertiary/aromatic N) is 5. The fraction of sp³-hybridized carbons (Fsp3) is 0.286. The van der Waals surface area contributed by atoms with E-state index >= 15 is 0 Å². The van der Waals surface area contributed by atoms with Gasteiger partial charge in [0, 0.05) is 31.5 Å². The molecule has 1 aliphatic rings. The van der Waals surface area contributed by atoms with Crippen LogP contribution in [0.3, 0.4) is 0 Å². The third-order valence-electron chi connectivity index (χ3n) is 3.77. The Kier molecular flexibility index (Phi) is 2.99. The van der Waals surface area contributed by atoms with Crippen molar-refractivity contribution in [1.82, 2.24) is 24.9 Å². The number of aromatic nitrogens is 4. The van der Waals surface area contributed by atoms with Crippen LogP contribution in [0.2, 0.25) is 0 Å². The first-order valence-electron chi connectivity index (χ1n) is 7.05. The van der Waals surface area contributed by atoms with E-state index in [1.807, 2.05) is 10.6 Å². The number of hydrogen-bond donors (Lipinski definition) is 1. The van der Waals surface area contributed by atoms with Crippen LogP contribution in [0.15, 0.2) is 41.5 Å². The van der Waals surface area contributed by atoms with Crippen molar-refractivity contribution in [1.29, 1.82) is 0 Å². The summed E-state index contributed by atoms with van der Waals surface area (Å²) in [5.74, 6) is 0.927. The van der Waals surface area contributed by atoms with Gasteiger partial charge in [-0.3, -0.25) is 9.20 Å². The molecule has 22 heavy (non-hydrogen) atoms. The summed E-state index contributed by atoms with van der Waals surface area (Å²) in [6.07, 6.45) is 7.52. The Balaban J connectivity index is 1.48. The van der Waals surface area contributed by atoms with E-state index in [0.717, 1.165) is 24.4 Å². The van der Waals surface area contributed by atoms with Crippen molar-refractivity contribution >= 4 is 17.4 Å². The number of furan rings is 1. The molecular formula is C14H14N6O2. The third-order valence-corrected chi connectivity index (χ3v) is 3.77. The average Bonchev–Trinajstić information content (AvgIpc) is 3.27. The van der Waals surface area contributed by atoms with Crippen molar-refractivity contribution in [3.63, 3.8) is 0 Å². The molecule has 0 aromatic carbocycles. The Bertz CT molecular complexity index is 797. The first-order chi connectivity index (χ1) is 10.8. The van der Waals surface area contributed by atoms with Crippen LogP contribution >= 0.6 is 0 Å². The molecule has 0 radical (unpaired) electrons. The highest BCUT2D eigenvalue weighted by Crippen LogP contribution is 2.21. The number of hydrogen-bond acceptors (Lipinski definition) is 6. The number of carbonyl (C=O) groups excluding carboxylic acids is 1. The molecular weight excluding hydrogens is 284 g/mol. The van der Waals surface area contributed by atoms with Crippen LogP contribution in [0, 0.1) is 0 Å². The highest BCUT2D eigenvalue weighted by atomic mass is 16.3. The van der Waals surface area contributed by atoms with Crippen molar-refractivity contribution in [2.75, 3.05) is 18.0 Å². The highest BCUT2D eigenvalue weighted by Gasteiger charge is 2.27. The average molecular weight is 298 g/mol. The molecule has 1 amide bonds. The molecule has 0 unspecified atom stereocenters. The molecule has 4 rings (SSSR count). The predicted molar refractivity (Wildman–Crippen MR) is 77.6 cm³/mol. The molecule has 0 saturated carbocycles. The molecule has 1 N–H and O–H groups in total. The lowest BCUT2D eigenvalue weighted by molar-refractivity contribution is 0.0912. The van der Waals surface area contributed by atoms with Crippen molar-refractivity contribution in [2.45, 2.75) is 12.5 Å². The van der Waals surface area contributed by atoms with Crippen LogP contribution in [0.1, 0.15) is 17.0 Å². The van der Waals surface area contributed by atoms with Gasteiger partial charge in [-0.05, 0) is 18.6 Å². The van der Waals surface area contributed by atoms with E-state index in [-0.39, 0.29) is 11.9 Å². The van der Waals surface area contributed by atoms with Gasteiger partial charge in [0.15, 0.2) is 11.6 Å². The van der Waals surface area contributed by atoms with Crippen molar-refractivity contribution in [3.05, 3.63) is 42.9 Å². The minimum atomic E-state index is -0.189. The maximum absolute atomic E-state index is 12.0. The molecule has 1 saturated heterocycles. The Morgan fingerprint density at radius 1 is 1.45 bits per heavy atom.